The number of hydrogen-bond acceptors (Lipinski definition) is 2. The van der Waals surface area contributed by atoms with Gasteiger partial charge < -0.3 is 5.32 Å². The fourth-order valence-electron chi connectivity index (χ4n) is 1.39. The molecule has 1 amide bonds. The van der Waals surface area contributed by atoms with Crippen LogP contribution in [0, 0.1) is 18.6 Å². The number of hydrogen-bond donors (Lipinski definition) is 1. The Kier molecular flexibility index (Phi) is 3.77. The molecule has 2 nitrogen and oxygen atoms in total. The average Bonchev–Trinajstić information content (AvgIpc) is 2.70. The van der Waals surface area contributed by atoms with Crippen molar-refractivity contribution in [2.24, 2.45) is 0 Å². The van der Waals surface area contributed by atoms with Gasteiger partial charge in [-0.2, -0.15) is 0 Å². The molecular formula is C12H8BrF2NOS. The fourth-order valence-corrected chi connectivity index (χ4v) is 2.66. The first-order valence-electron chi connectivity index (χ1n) is 4.99. The summed E-state index contributed by atoms with van der Waals surface area (Å²) < 4.78 is 26.6. The zero-order valence-electron chi connectivity index (χ0n) is 9.26. The molecule has 1 aromatic carbocycles. The van der Waals surface area contributed by atoms with Gasteiger partial charge in [0.05, 0.1) is 10.6 Å². The van der Waals surface area contributed by atoms with Crippen LogP contribution in [0.3, 0.4) is 0 Å². The summed E-state index contributed by atoms with van der Waals surface area (Å²) in [7, 11) is 0. The maximum Gasteiger partial charge on any atom is 0.265 e. The molecule has 1 aromatic heterocycles. The molecule has 0 aliphatic rings. The molecule has 0 bridgehead atoms. The number of carbonyl (C=O) groups is 1. The Hall–Kier alpha value is -1.27. The first-order valence-corrected chi connectivity index (χ1v) is 6.60. The SMILES string of the molecule is Cc1ccc(C(=O)Nc2c(F)cc(F)cc2Br)s1. The number of aryl methyl sites for hydroxylation is 1. The number of anilines is 1. The molecule has 18 heavy (non-hydrogen) atoms. The Morgan fingerprint density at radius 3 is 2.61 bits per heavy atom. The summed E-state index contributed by atoms with van der Waals surface area (Å²) in [5, 5.41) is 2.42. The second-order valence-electron chi connectivity index (χ2n) is 3.61. The molecule has 94 valence electrons. The molecular weight excluding hydrogens is 324 g/mol. The number of carbonyl (C=O) groups excluding carboxylic acids is 1. The molecule has 1 heterocycles. The van der Waals surface area contributed by atoms with Gasteiger partial charge in [0.1, 0.15) is 5.82 Å². The fraction of sp³-hybridized carbons (Fsp3) is 0.0833. The molecule has 2 aromatic rings. The highest BCUT2D eigenvalue weighted by Gasteiger charge is 2.14. The van der Waals surface area contributed by atoms with Crippen LogP contribution in [0.4, 0.5) is 14.5 Å². The van der Waals surface area contributed by atoms with E-state index >= 15 is 0 Å². The van der Waals surface area contributed by atoms with E-state index in [0.29, 0.717) is 4.88 Å². The van der Waals surface area contributed by atoms with Crippen LogP contribution < -0.4 is 5.32 Å². The second kappa shape index (κ2) is 5.16. The predicted molar refractivity (Wildman–Crippen MR) is 71.1 cm³/mol. The number of rotatable bonds is 2. The first-order chi connectivity index (χ1) is 8.47. The minimum atomic E-state index is -0.816. The highest BCUT2D eigenvalue weighted by Crippen LogP contribution is 2.28. The van der Waals surface area contributed by atoms with Crippen LogP contribution in [0.2, 0.25) is 0 Å². The van der Waals surface area contributed by atoms with Gasteiger partial charge in [-0.05, 0) is 41.1 Å². The molecule has 0 aliphatic carbocycles. The van der Waals surface area contributed by atoms with Crippen molar-refractivity contribution in [3.8, 4) is 0 Å². The minimum Gasteiger partial charge on any atom is -0.318 e. The van der Waals surface area contributed by atoms with Crippen LogP contribution in [0.15, 0.2) is 28.7 Å². The van der Waals surface area contributed by atoms with E-state index in [4.69, 9.17) is 0 Å². The van der Waals surface area contributed by atoms with E-state index in [1.807, 2.05) is 6.92 Å². The number of nitrogens with one attached hydrogen (secondary N) is 1. The Morgan fingerprint density at radius 1 is 1.33 bits per heavy atom. The smallest absolute Gasteiger partial charge is 0.265 e. The number of halogens is 3. The zero-order chi connectivity index (χ0) is 13.3. The van der Waals surface area contributed by atoms with Gasteiger partial charge in [-0.1, -0.05) is 0 Å². The molecule has 0 spiro atoms. The average molecular weight is 332 g/mol. The summed E-state index contributed by atoms with van der Waals surface area (Å²) in [6.45, 7) is 1.87. The summed E-state index contributed by atoms with van der Waals surface area (Å²) in [5.74, 6) is -1.94. The zero-order valence-corrected chi connectivity index (χ0v) is 11.7. The van der Waals surface area contributed by atoms with Crippen molar-refractivity contribution in [2.45, 2.75) is 6.92 Å². The largest absolute Gasteiger partial charge is 0.318 e. The van der Waals surface area contributed by atoms with Crippen LogP contribution in [0.25, 0.3) is 0 Å². The van der Waals surface area contributed by atoms with Crippen molar-refractivity contribution in [1.82, 2.24) is 0 Å². The Morgan fingerprint density at radius 2 is 2.06 bits per heavy atom. The second-order valence-corrected chi connectivity index (χ2v) is 5.75. The van der Waals surface area contributed by atoms with Crippen molar-refractivity contribution < 1.29 is 13.6 Å². The first kappa shape index (κ1) is 13.2. The standard InChI is InChI=1S/C12H8BrF2NOS/c1-6-2-3-10(18-6)12(17)16-11-8(13)4-7(14)5-9(11)15/h2-5H,1H3,(H,16,17). The normalized spacial score (nSPS) is 10.4. The molecule has 0 aliphatic heterocycles. The monoisotopic (exact) mass is 331 g/mol. The lowest BCUT2D eigenvalue weighted by molar-refractivity contribution is 0.103. The number of amides is 1. The quantitative estimate of drug-likeness (QED) is 0.870. The van der Waals surface area contributed by atoms with Gasteiger partial charge in [0, 0.05) is 15.4 Å². The van der Waals surface area contributed by atoms with Gasteiger partial charge in [0.15, 0.2) is 5.82 Å². The number of benzene rings is 1. The van der Waals surface area contributed by atoms with Crippen LogP contribution in [0.1, 0.15) is 14.5 Å². The van der Waals surface area contributed by atoms with Crippen molar-refractivity contribution >= 4 is 38.9 Å². The van der Waals surface area contributed by atoms with Gasteiger partial charge in [-0.15, -0.1) is 11.3 Å². The molecule has 6 heteroatoms. The summed E-state index contributed by atoms with van der Waals surface area (Å²) >= 11 is 4.32. The van der Waals surface area contributed by atoms with Crippen molar-refractivity contribution in [1.29, 1.82) is 0 Å². The highest BCUT2D eigenvalue weighted by atomic mass is 79.9. The summed E-state index contributed by atoms with van der Waals surface area (Å²) in [6.07, 6.45) is 0. The molecule has 0 saturated heterocycles. The van der Waals surface area contributed by atoms with E-state index in [-0.39, 0.29) is 10.2 Å². The van der Waals surface area contributed by atoms with E-state index in [2.05, 4.69) is 21.2 Å². The Labute approximate surface area is 115 Å². The van der Waals surface area contributed by atoms with Gasteiger partial charge in [-0.25, -0.2) is 8.78 Å². The lowest BCUT2D eigenvalue weighted by Gasteiger charge is -2.07. The van der Waals surface area contributed by atoms with Gasteiger partial charge in [0.25, 0.3) is 5.91 Å². The Balaban J connectivity index is 2.27. The highest BCUT2D eigenvalue weighted by molar-refractivity contribution is 9.10. The maximum atomic E-state index is 13.5. The van der Waals surface area contributed by atoms with Gasteiger partial charge >= 0.3 is 0 Å². The third-order valence-electron chi connectivity index (χ3n) is 2.21. The third kappa shape index (κ3) is 2.76. The lowest BCUT2D eigenvalue weighted by Crippen LogP contribution is -2.12. The van der Waals surface area contributed by atoms with Crippen molar-refractivity contribution in [2.75, 3.05) is 5.32 Å². The van der Waals surface area contributed by atoms with Crippen molar-refractivity contribution in [3.63, 3.8) is 0 Å². The van der Waals surface area contributed by atoms with E-state index in [1.165, 1.54) is 11.3 Å². The van der Waals surface area contributed by atoms with E-state index in [9.17, 15) is 13.6 Å². The topological polar surface area (TPSA) is 29.1 Å². The lowest BCUT2D eigenvalue weighted by atomic mass is 10.3. The Bertz CT molecular complexity index is 589. The van der Waals surface area contributed by atoms with Gasteiger partial charge in [0.2, 0.25) is 0 Å². The number of thiophene rings is 1. The van der Waals surface area contributed by atoms with Crippen LogP contribution in [0.5, 0.6) is 0 Å². The molecule has 1 N–H and O–H groups in total. The molecule has 0 saturated carbocycles. The summed E-state index contributed by atoms with van der Waals surface area (Å²) in [5.41, 5.74) is -0.0625. The van der Waals surface area contributed by atoms with Crippen LogP contribution in [-0.4, -0.2) is 5.91 Å². The van der Waals surface area contributed by atoms with Crippen molar-refractivity contribution in [3.05, 3.63) is 50.1 Å². The van der Waals surface area contributed by atoms with Gasteiger partial charge in [-0.3, -0.25) is 4.79 Å². The molecule has 2 rings (SSSR count). The van der Waals surface area contributed by atoms with E-state index < -0.39 is 17.5 Å². The third-order valence-corrected chi connectivity index (χ3v) is 3.83. The molecule has 0 unspecified atom stereocenters. The van der Waals surface area contributed by atoms with Crippen LogP contribution in [-0.2, 0) is 0 Å². The predicted octanol–water partition coefficient (Wildman–Crippen LogP) is 4.35. The van der Waals surface area contributed by atoms with Crippen LogP contribution >= 0.6 is 27.3 Å². The minimum absolute atomic E-state index is 0.0625. The summed E-state index contributed by atoms with van der Waals surface area (Å²) in [6, 6.07) is 5.28. The van der Waals surface area contributed by atoms with E-state index in [1.54, 1.807) is 12.1 Å². The molecule has 0 radical (unpaired) electrons. The molecule has 0 atom stereocenters. The maximum absolute atomic E-state index is 13.5. The molecule has 0 fully saturated rings. The van der Waals surface area contributed by atoms with E-state index in [0.717, 1.165) is 17.0 Å². The summed E-state index contributed by atoms with van der Waals surface area (Å²) in [4.78, 5) is 13.3.